The molecule has 0 aliphatic carbocycles. The monoisotopic (exact) mass is 621 g/mol. The van der Waals surface area contributed by atoms with Gasteiger partial charge >= 0.3 is 0 Å². The summed E-state index contributed by atoms with van der Waals surface area (Å²) in [5.74, 6) is 0. The van der Waals surface area contributed by atoms with Crippen molar-refractivity contribution >= 4 is 54.1 Å². The predicted octanol–water partition coefficient (Wildman–Crippen LogP) is 13.2. The summed E-state index contributed by atoms with van der Waals surface area (Å²) < 4.78 is 2.39. The lowest BCUT2D eigenvalue weighted by Crippen LogP contribution is -1.93. The summed E-state index contributed by atoms with van der Waals surface area (Å²) in [6.07, 6.45) is 0. The van der Waals surface area contributed by atoms with Crippen LogP contribution in [0.15, 0.2) is 188 Å². The number of hydrogen-bond acceptors (Lipinski definition) is 0. The second kappa shape index (κ2) is 11.1. The van der Waals surface area contributed by atoms with Crippen LogP contribution in [-0.4, -0.2) is 4.57 Å². The number of hydrogen-bond donors (Lipinski definition) is 0. The van der Waals surface area contributed by atoms with Crippen molar-refractivity contribution < 1.29 is 0 Å². The van der Waals surface area contributed by atoms with Crippen LogP contribution in [0.5, 0.6) is 0 Å². The van der Waals surface area contributed by atoms with E-state index in [0.717, 1.165) is 5.69 Å². The maximum Gasteiger partial charge on any atom is 0.0541 e. The van der Waals surface area contributed by atoms with Crippen LogP contribution in [-0.2, 0) is 0 Å². The molecular formula is C48H31N. The van der Waals surface area contributed by atoms with Crippen LogP contribution in [0.2, 0.25) is 0 Å². The van der Waals surface area contributed by atoms with Gasteiger partial charge in [0, 0.05) is 16.5 Å². The van der Waals surface area contributed by atoms with Crippen molar-refractivity contribution in [2.75, 3.05) is 0 Å². The summed E-state index contributed by atoms with van der Waals surface area (Å²) in [5, 5.41) is 10.2. The first-order valence-electron chi connectivity index (χ1n) is 16.9. The smallest absolute Gasteiger partial charge is 0.0541 e. The van der Waals surface area contributed by atoms with E-state index in [2.05, 4.69) is 193 Å². The standard InChI is InChI=1S/C48H31N/c1-2-9-37-29-38(19-17-32(37)7-1)35-21-25-42(26-22-35)49-47-12-6-5-11-45(47)46-31-40(24-28-48(46)49)34-15-13-33(14-16-34)39-23-27-44-41(30-39)20-18-36-8-3-4-10-43(36)44/h1-31H. The van der Waals surface area contributed by atoms with Gasteiger partial charge in [-0.25, -0.2) is 0 Å². The average molecular weight is 622 g/mol. The van der Waals surface area contributed by atoms with E-state index >= 15 is 0 Å². The Bertz CT molecular complexity index is 2850. The van der Waals surface area contributed by atoms with Gasteiger partial charge in [0.1, 0.15) is 0 Å². The minimum atomic E-state index is 1.16. The van der Waals surface area contributed by atoms with E-state index in [9.17, 15) is 0 Å². The van der Waals surface area contributed by atoms with Crippen LogP contribution in [0.4, 0.5) is 0 Å². The lowest BCUT2D eigenvalue weighted by atomic mass is 9.96. The second-order valence-corrected chi connectivity index (χ2v) is 13.0. The zero-order valence-corrected chi connectivity index (χ0v) is 26.8. The number of fused-ring (bicyclic) bond motifs is 7. The highest BCUT2D eigenvalue weighted by Crippen LogP contribution is 2.37. The first-order chi connectivity index (χ1) is 24.3. The lowest BCUT2D eigenvalue weighted by molar-refractivity contribution is 1.18. The average Bonchev–Trinajstić information content (AvgIpc) is 3.51. The summed E-state index contributed by atoms with van der Waals surface area (Å²) in [6, 6.07) is 68.8. The third kappa shape index (κ3) is 4.63. The molecule has 10 rings (SSSR count). The fraction of sp³-hybridized carbons (Fsp3) is 0. The van der Waals surface area contributed by atoms with E-state index in [1.807, 2.05) is 0 Å². The van der Waals surface area contributed by atoms with E-state index in [0.29, 0.717) is 0 Å². The molecule has 0 saturated heterocycles. The van der Waals surface area contributed by atoms with Gasteiger partial charge in [0.05, 0.1) is 11.0 Å². The maximum atomic E-state index is 2.39. The summed E-state index contributed by atoms with van der Waals surface area (Å²) in [4.78, 5) is 0. The van der Waals surface area contributed by atoms with Gasteiger partial charge in [0.15, 0.2) is 0 Å². The molecule has 0 bridgehead atoms. The molecule has 0 unspecified atom stereocenters. The van der Waals surface area contributed by atoms with Crippen molar-refractivity contribution in [3.05, 3.63) is 188 Å². The van der Waals surface area contributed by atoms with Crippen LogP contribution in [0, 0.1) is 0 Å². The zero-order chi connectivity index (χ0) is 32.3. The Hall–Kier alpha value is -6.44. The molecule has 1 heteroatoms. The Morgan fingerprint density at radius 2 is 0.714 bits per heavy atom. The van der Waals surface area contributed by atoms with Crippen molar-refractivity contribution in [3.8, 4) is 39.1 Å². The number of para-hydroxylation sites is 1. The quantitative estimate of drug-likeness (QED) is 0.172. The van der Waals surface area contributed by atoms with Crippen molar-refractivity contribution in [2.24, 2.45) is 0 Å². The van der Waals surface area contributed by atoms with E-state index < -0.39 is 0 Å². The van der Waals surface area contributed by atoms with Crippen molar-refractivity contribution in [3.63, 3.8) is 0 Å². The summed E-state index contributed by atoms with van der Waals surface area (Å²) in [6.45, 7) is 0. The molecule has 1 heterocycles. The Labute approximate surface area is 284 Å². The van der Waals surface area contributed by atoms with Crippen molar-refractivity contribution in [2.45, 2.75) is 0 Å². The van der Waals surface area contributed by atoms with Crippen LogP contribution >= 0.6 is 0 Å². The topological polar surface area (TPSA) is 4.93 Å². The molecule has 0 spiro atoms. The van der Waals surface area contributed by atoms with Gasteiger partial charge in [-0.15, -0.1) is 0 Å². The summed E-state index contributed by atoms with van der Waals surface area (Å²) in [7, 11) is 0. The molecule has 0 N–H and O–H groups in total. The van der Waals surface area contributed by atoms with E-state index in [1.165, 1.54) is 87.5 Å². The van der Waals surface area contributed by atoms with Crippen LogP contribution in [0.3, 0.4) is 0 Å². The largest absolute Gasteiger partial charge is 0.309 e. The molecule has 0 atom stereocenters. The maximum absolute atomic E-state index is 2.39. The molecule has 1 aromatic heterocycles. The molecule has 228 valence electrons. The van der Waals surface area contributed by atoms with E-state index in [4.69, 9.17) is 0 Å². The predicted molar refractivity (Wildman–Crippen MR) is 210 cm³/mol. The lowest BCUT2D eigenvalue weighted by Gasteiger charge is -2.11. The minimum Gasteiger partial charge on any atom is -0.309 e. The van der Waals surface area contributed by atoms with Gasteiger partial charge in [0.2, 0.25) is 0 Å². The fourth-order valence-electron chi connectivity index (χ4n) is 7.65. The molecule has 10 aromatic rings. The van der Waals surface area contributed by atoms with Gasteiger partial charge in [-0.3, -0.25) is 0 Å². The SMILES string of the molecule is c1ccc2cc(-c3ccc(-n4c5ccccc5c5cc(-c6ccc(-c7ccc8c(ccc9ccccc98)c7)cc6)ccc54)cc3)ccc2c1. The minimum absolute atomic E-state index is 1.16. The van der Waals surface area contributed by atoms with Crippen LogP contribution < -0.4 is 0 Å². The van der Waals surface area contributed by atoms with Crippen LogP contribution in [0.25, 0.3) is 93.2 Å². The Balaban J connectivity index is 0.999. The number of nitrogens with zero attached hydrogens (tertiary/aromatic N) is 1. The van der Waals surface area contributed by atoms with Gasteiger partial charge in [-0.1, -0.05) is 146 Å². The molecule has 0 fully saturated rings. The zero-order valence-electron chi connectivity index (χ0n) is 26.8. The van der Waals surface area contributed by atoms with Crippen molar-refractivity contribution in [1.82, 2.24) is 4.57 Å². The molecule has 0 saturated carbocycles. The van der Waals surface area contributed by atoms with Gasteiger partial charge in [-0.05, 0) is 108 Å². The Kier molecular flexibility index (Phi) is 6.25. The fourth-order valence-corrected chi connectivity index (χ4v) is 7.65. The second-order valence-electron chi connectivity index (χ2n) is 13.0. The molecule has 0 radical (unpaired) electrons. The highest BCUT2D eigenvalue weighted by Gasteiger charge is 2.14. The Morgan fingerprint density at radius 1 is 0.245 bits per heavy atom. The highest BCUT2D eigenvalue weighted by atomic mass is 15.0. The van der Waals surface area contributed by atoms with Gasteiger partial charge in [-0.2, -0.15) is 0 Å². The van der Waals surface area contributed by atoms with Crippen molar-refractivity contribution in [1.29, 1.82) is 0 Å². The molecule has 0 amide bonds. The van der Waals surface area contributed by atoms with E-state index in [1.54, 1.807) is 0 Å². The first-order valence-corrected chi connectivity index (χ1v) is 16.9. The summed E-state index contributed by atoms with van der Waals surface area (Å²) in [5.41, 5.74) is 10.9. The highest BCUT2D eigenvalue weighted by molar-refractivity contribution is 6.11. The first kappa shape index (κ1) is 27.7. The molecule has 9 aromatic carbocycles. The number of aromatic nitrogens is 1. The van der Waals surface area contributed by atoms with Gasteiger partial charge in [0.25, 0.3) is 0 Å². The third-order valence-electron chi connectivity index (χ3n) is 10.2. The molecule has 49 heavy (non-hydrogen) atoms. The Morgan fingerprint density at radius 3 is 1.49 bits per heavy atom. The molecule has 0 aliphatic rings. The number of benzene rings is 9. The van der Waals surface area contributed by atoms with Crippen LogP contribution in [0.1, 0.15) is 0 Å². The molecule has 1 nitrogen and oxygen atoms in total. The third-order valence-corrected chi connectivity index (χ3v) is 10.2. The van der Waals surface area contributed by atoms with E-state index in [-0.39, 0.29) is 0 Å². The van der Waals surface area contributed by atoms with Gasteiger partial charge < -0.3 is 4.57 Å². The molecular weight excluding hydrogens is 591 g/mol. The number of rotatable bonds is 4. The summed E-state index contributed by atoms with van der Waals surface area (Å²) >= 11 is 0. The molecule has 0 aliphatic heterocycles. The normalized spacial score (nSPS) is 11.7.